The Hall–Kier alpha value is -1.26. The third-order valence-corrected chi connectivity index (χ3v) is 4.90. The first-order valence-electron chi connectivity index (χ1n) is 7.54. The zero-order valence-corrected chi connectivity index (χ0v) is 12.3. The number of hydrogen-bond donors (Lipinski definition) is 2. The van der Waals surface area contributed by atoms with E-state index in [-0.39, 0.29) is 6.04 Å². The number of fused-ring (bicyclic) bond motifs is 1. The number of methoxy groups -OCH3 is 1. The van der Waals surface area contributed by atoms with Gasteiger partial charge in [-0.05, 0) is 57.0 Å². The van der Waals surface area contributed by atoms with E-state index in [1.807, 2.05) is 12.1 Å². The van der Waals surface area contributed by atoms with E-state index < -0.39 is 0 Å². The summed E-state index contributed by atoms with van der Waals surface area (Å²) in [6, 6.07) is 6.33. The summed E-state index contributed by atoms with van der Waals surface area (Å²) in [4.78, 5) is 2.54. The molecular formula is C16H24N2O2. The van der Waals surface area contributed by atoms with Crippen molar-refractivity contribution in [1.82, 2.24) is 10.2 Å². The number of piperidine rings is 1. The second-order valence-corrected chi connectivity index (χ2v) is 5.97. The van der Waals surface area contributed by atoms with Gasteiger partial charge in [-0.15, -0.1) is 0 Å². The zero-order chi connectivity index (χ0) is 14.1. The number of nitrogens with zero attached hydrogens (tertiary/aromatic N) is 1. The van der Waals surface area contributed by atoms with Crippen molar-refractivity contribution in [3.05, 3.63) is 23.8 Å². The van der Waals surface area contributed by atoms with Crippen molar-refractivity contribution >= 4 is 0 Å². The van der Waals surface area contributed by atoms with Crippen molar-refractivity contribution in [3.8, 4) is 11.5 Å². The molecule has 0 aliphatic carbocycles. The first-order chi connectivity index (χ1) is 9.70. The quantitative estimate of drug-likeness (QED) is 0.888. The standard InChI is InChI=1S/C16H24N2O2/c1-11(14-8-13(20-2)5-6-16(14)19)18-7-3-4-12-9-17-10-15(12)18/h5-6,8,11-12,15,17,19H,3-4,7,9-10H2,1-2H3. The average molecular weight is 276 g/mol. The van der Waals surface area contributed by atoms with Crippen LogP contribution in [0.5, 0.6) is 11.5 Å². The predicted molar refractivity (Wildman–Crippen MR) is 79.2 cm³/mol. The Morgan fingerprint density at radius 3 is 3.05 bits per heavy atom. The summed E-state index contributed by atoms with van der Waals surface area (Å²) in [5.74, 6) is 1.94. The van der Waals surface area contributed by atoms with Crippen LogP contribution in [-0.4, -0.2) is 42.8 Å². The molecule has 0 spiro atoms. The molecular weight excluding hydrogens is 252 g/mol. The lowest BCUT2D eigenvalue weighted by Gasteiger charge is -2.41. The number of aromatic hydroxyl groups is 1. The van der Waals surface area contributed by atoms with Gasteiger partial charge >= 0.3 is 0 Å². The fourth-order valence-corrected chi connectivity index (χ4v) is 3.76. The Labute approximate surface area is 120 Å². The average Bonchev–Trinajstić information content (AvgIpc) is 2.95. The van der Waals surface area contributed by atoms with Crippen LogP contribution < -0.4 is 10.1 Å². The van der Waals surface area contributed by atoms with E-state index in [1.54, 1.807) is 13.2 Å². The van der Waals surface area contributed by atoms with Crippen molar-refractivity contribution in [3.63, 3.8) is 0 Å². The van der Waals surface area contributed by atoms with E-state index in [4.69, 9.17) is 4.74 Å². The van der Waals surface area contributed by atoms with Gasteiger partial charge in [-0.1, -0.05) is 0 Å². The molecule has 3 unspecified atom stereocenters. The summed E-state index contributed by atoms with van der Waals surface area (Å²) in [6.07, 6.45) is 2.57. The molecule has 1 aromatic rings. The Bertz CT molecular complexity index is 478. The molecule has 110 valence electrons. The number of hydrogen-bond acceptors (Lipinski definition) is 4. The summed E-state index contributed by atoms with van der Waals surface area (Å²) < 4.78 is 5.29. The number of benzene rings is 1. The van der Waals surface area contributed by atoms with Crippen molar-refractivity contribution in [2.45, 2.75) is 31.8 Å². The predicted octanol–water partition coefficient (Wildman–Crippen LogP) is 2.15. The third kappa shape index (κ3) is 2.38. The van der Waals surface area contributed by atoms with E-state index >= 15 is 0 Å². The second kappa shape index (κ2) is 5.62. The molecule has 4 heteroatoms. The van der Waals surface area contributed by atoms with Crippen LogP contribution in [0.25, 0.3) is 0 Å². The Balaban J connectivity index is 1.85. The molecule has 2 fully saturated rings. The number of nitrogens with one attached hydrogen (secondary N) is 1. The van der Waals surface area contributed by atoms with Gasteiger partial charge in [0.2, 0.25) is 0 Å². The van der Waals surface area contributed by atoms with Crippen LogP contribution in [-0.2, 0) is 0 Å². The molecule has 3 rings (SSSR count). The van der Waals surface area contributed by atoms with E-state index in [2.05, 4.69) is 17.1 Å². The molecule has 0 saturated carbocycles. The number of likely N-dealkylation sites (tertiary alicyclic amines) is 1. The van der Waals surface area contributed by atoms with Crippen LogP contribution >= 0.6 is 0 Å². The fourth-order valence-electron chi connectivity index (χ4n) is 3.76. The monoisotopic (exact) mass is 276 g/mol. The van der Waals surface area contributed by atoms with E-state index in [0.717, 1.165) is 36.9 Å². The van der Waals surface area contributed by atoms with Gasteiger partial charge < -0.3 is 15.2 Å². The lowest BCUT2D eigenvalue weighted by atomic mass is 9.89. The zero-order valence-electron chi connectivity index (χ0n) is 12.3. The summed E-state index contributed by atoms with van der Waals surface area (Å²) >= 11 is 0. The van der Waals surface area contributed by atoms with Gasteiger partial charge in [0, 0.05) is 24.2 Å². The molecule has 2 aliphatic rings. The molecule has 2 N–H and O–H groups in total. The van der Waals surface area contributed by atoms with Crippen LogP contribution in [0, 0.1) is 5.92 Å². The minimum atomic E-state index is 0.220. The van der Waals surface area contributed by atoms with Crippen molar-refractivity contribution in [2.75, 3.05) is 26.7 Å². The van der Waals surface area contributed by atoms with Gasteiger partial charge in [0.1, 0.15) is 11.5 Å². The van der Waals surface area contributed by atoms with E-state index in [9.17, 15) is 5.11 Å². The molecule has 2 aliphatic heterocycles. The van der Waals surface area contributed by atoms with E-state index in [0.29, 0.717) is 11.8 Å². The molecule has 0 amide bonds. The molecule has 2 saturated heterocycles. The third-order valence-electron chi connectivity index (χ3n) is 4.90. The van der Waals surface area contributed by atoms with Crippen molar-refractivity contribution < 1.29 is 9.84 Å². The number of ether oxygens (including phenoxy) is 1. The SMILES string of the molecule is COc1ccc(O)c(C(C)N2CCCC3CNCC32)c1. The summed E-state index contributed by atoms with van der Waals surface area (Å²) in [5.41, 5.74) is 0.969. The summed E-state index contributed by atoms with van der Waals surface area (Å²) in [6.45, 7) is 5.51. The maximum atomic E-state index is 10.2. The lowest BCUT2D eigenvalue weighted by molar-refractivity contribution is 0.0835. The van der Waals surface area contributed by atoms with Gasteiger partial charge in [-0.2, -0.15) is 0 Å². The molecule has 0 bridgehead atoms. The largest absolute Gasteiger partial charge is 0.508 e. The minimum absolute atomic E-state index is 0.220. The molecule has 20 heavy (non-hydrogen) atoms. The van der Waals surface area contributed by atoms with Crippen LogP contribution in [0.15, 0.2) is 18.2 Å². The maximum Gasteiger partial charge on any atom is 0.120 e. The first-order valence-corrected chi connectivity index (χ1v) is 7.54. The van der Waals surface area contributed by atoms with Gasteiger partial charge in [-0.3, -0.25) is 4.90 Å². The van der Waals surface area contributed by atoms with Crippen LogP contribution in [0.3, 0.4) is 0 Å². The highest BCUT2D eigenvalue weighted by atomic mass is 16.5. The number of phenols is 1. The van der Waals surface area contributed by atoms with Gasteiger partial charge in [0.15, 0.2) is 0 Å². The normalized spacial score (nSPS) is 28.1. The van der Waals surface area contributed by atoms with Gasteiger partial charge in [0.05, 0.1) is 7.11 Å². The highest BCUT2D eigenvalue weighted by Gasteiger charge is 2.37. The van der Waals surface area contributed by atoms with Gasteiger partial charge in [0.25, 0.3) is 0 Å². The molecule has 0 radical (unpaired) electrons. The highest BCUT2D eigenvalue weighted by molar-refractivity contribution is 5.41. The first kappa shape index (κ1) is 13.7. The molecule has 2 heterocycles. The van der Waals surface area contributed by atoms with E-state index in [1.165, 1.54) is 12.8 Å². The van der Waals surface area contributed by atoms with Gasteiger partial charge in [-0.25, -0.2) is 0 Å². The van der Waals surface area contributed by atoms with Crippen LogP contribution in [0.1, 0.15) is 31.4 Å². The Morgan fingerprint density at radius 1 is 1.40 bits per heavy atom. The highest BCUT2D eigenvalue weighted by Crippen LogP contribution is 2.37. The minimum Gasteiger partial charge on any atom is -0.508 e. The fraction of sp³-hybridized carbons (Fsp3) is 0.625. The summed E-state index contributed by atoms with van der Waals surface area (Å²) in [5, 5.41) is 13.7. The second-order valence-electron chi connectivity index (χ2n) is 5.97. The number of phenolic OH excluding ortho intramolecular Hbond substituents is 1. The Morgan fingerprint density at radius 2 is 2.25 bits per heavy atom. The topological polar surface area (TPSA) is 44.7 Å². The summed E-state index contributed by atoms with van der Waals surface area (Å²) in [7, 11) is 1.67. The molecule has 4 nitrogen and oxygen atoms in total. The maximum absolute atomic E-state index is 10.2. The molecule has 3 atom stereocenters. The van der Waals surface area contributed by atoms with Crippen molar-refractivity contribution in [2.24, 2.45) is 5.92 Å². The smallest absolute Gasteiger partial charge is 0.120 e. The van der Waals surface area contributed by atoms with Crippen LogP contribution in [0.4, 0.5) is 0 Å². The van der Waals surface area contributed by atoms with Crippen molar-refractivity contribution in [1.29, 1.82) is 0 Å². The molecule has 0 aromatic heterocycles. The lowest BCUT2D eigenvalue weighted by Crippen LogP contribution is -2.46. The Kier molecular flexibility index (Phi) is 3.85. The molecule has 1 aromatic carbocycles. The number of rotatable bonds is 3. The van der Waals surface area contributed by atoms with Crippen LogP contribution in [0.2, 0.25) is 0 Å².